The molecule has 11 nitrogen and oxygen atoms in total. The number of benzene rings is 3. The normalized spacial score (nSPS) is 16.3. The molecule has 39 heavy (non-hydrogen) atoms. The Balaban J connectivity index is 1.69. The molecular formula is C28H22O11. The lowest BCUT2D eigenvalue weighted by Gasteiger charge is -2.34. The van der Waals surface area contributed by atoms with Crippen molar-refractivity contribution in [2.45, 2.75) is 25.6 Å². The van der Waals surface area contributed by atoms with Gasteiger partial charge in [0, 0.05) is 29.7 Å². The number of rotatable bonds is 3. The molecule has 0 unspecified atom stereocenters. The Morgan fingerprint density at radius 2 is 1.59 bits per heavy atom. The van der Waals surface area contributed by atoms with Crippen LogP contribution in [0.5, 0.6) is 46.0 Å². The first-order valence-electron chi connectivity index (χ1n) is 11.6. The largest absolute Gasteiger partial charge is 0.508 e. The highest BCUT2D eigenvalue weighted by molar-refractivity contribution is 5.97. The second-order valence-corrected chi connectivity index (χ2v) is 9.15. The highest BCUT2D eigenvalue weighted by Crippen LogP contribution is 2.47. The maximum absolute atomic E-state index is 13.1. The number of hydrogen-bond acceptors (Lipinski definition) is 11. The fourth-order valence-electron chi connectivity index (χ4n) is 4.68. The third-order valence-electron chi connectivity index (χ3n) is 6.58. The number of phenolic OH excluding ortho intramolecular Hbond substituents is 6. The van der Waals surface area contributed by atoms with Crippen LogP contribution in [0.25, 0.3) is 10.8 Å². The van der Waals surface area contributed by atoms with Crippen LogP contribution >= 0.6 is 0 Å². The van der Waals surface area contributed by atoms with Crippen molar-refractivity contribution in [3.05, 3.63) is 81.0 Å². The van der Waals surface area contributed by atoms with Gasteiger partial charge in [-0.1, -0.05) is 12.1 Å². The Morgan fingerprint density at radius 3 is 2.31 bits per heavy atom. The molecule has 0 fully saturated rings. The summed E-state index contributed by atoms with van der Waals surface area (Å²) in [5, 5.41) is 71.4. The van der Waals surface area contributed by atoms with Crippen LogP contribution in [0.4, 0.5) is 0 Å². The van der Waals surface area contributed by atoms with Gasteiger partial charge in [-0.15, -0.1) is 0 Å². The zero-order chi connectivity index (χ0) is 28.2. The second kappa shape index (κ2) is 9.21. The van der Waals surface area contributed by atoms with E-state index in [9.17, 15) is 45.3 Å². The molecule has 5 rings (SSSR count). The summed E-state index contributed by atoms with van der Waals surface area (Å²) in [6.45, 7) is 1.47. The van der Waals surface area contributed by atoms with E-state index in [-0.39, 0.29) is 56.7 Å². The van der Waals surface area contributed by atoms with Crippen LogP contribution in [0, 0.1) is 6.92 Å². The van der Waals surface area contributed by atoms with Gasteiger partial charge in [0.2, 0.25) is 5.43 Å². The van der Waals surface area contributed by atoms with Crippen molar-refractivity contribution in [1.29, 1.82) is 0 Å². The molecule has 11 heteroatoms. The predicted molar refractivity (Wildman–Crippen MR) is 136 cm³/mol. The number of fused-ring (bicyclic) bond motifs is 2. The second-order valence-electron chi connectivity index (χ2n) is 9.15. The molecule has 0 saturated heterocycles. The molecule has 2 atom stereocenters. The fraction of sp³-hybridized carbons (Fsp3) is 0.143. The summed E-state index contributed by atoms with van der Waals surface area (Å²) in [6, 6.07) is 9.52. The molecular weight excluding hydrogens is 512 g/mol. The van der Waals surface area contributed by atoms with E-state index in [2.05, 4.69) is 0 Å². The zero-order valence-corrected chi connectivity index (χ0v) is 20.2. The molecule has 0 aliphatic carbocycles. The number of carbonyl (C=O) groups is 1. The van der Waals surface area contributed by atoms with Crippen molar-refractivity contribution < 1.29 is 50.0 Å². The third kappa shape index (κ3) is 4.29. The highest BCUT2D eigenvalue weighted by atomic mass is 16.6. The first-order valence-corrected chi connectivity index (χ1v) is 11.6. The molecule has 7 N–H and O–H groups in total. The number of aryl methyl sites for hydroxylation is 1. The lowest BCUT2D eigenvalue weighted by atomic mass is 9.90. The van der Waals surface area contributed by atoms with E-state index in [0.717, 1.165) is 24.3 Å². The molecule has 200 valence electrons. The minimum Gasteiger partial charge on any atom is -0.508 e. The summed E-state index contributed by atoms with van der Waals surface area (Å²) in [5.74, 6) is -4.75. The molecule has 0 saturated carbocycles. The topological polar surface area (TPSA) is 194 Å². The van der Waals surface area contributed by atoms with Gasteiger partial charge in [0.15, 0.2) is 34.9 Å². The first-order chi connectivity index (χ1) is 18.5. The quantitative estimate of drug-likeness (QED) is 0.150. The molecule has 0 radical (unpaired) electrons. The fourth-order valence-corrected chi connectivity index (χ4v) is 4.68. The van der Waals surface area contributed by atoms with Gasteiger partial charge in [-0.05, 0) is 42.1 Å². The number of ether oxygens (including phenoxy) is 2. The van der Waals surface area contributed by atoms with Crippen LogP contribution in [-0.2, 0) is 11.2 Å². The lowest BCUT2D eigenvalue weighted by molar-refractivity contribution is -0.0184. The molecule has 4 aromatic carbocycles. The number of carbonyl (C=O) groups excluding carboxylic acids is 1. The van der Waals surface area contributed by atoms with Gasteiger partial charge in [-0.25, -0.2) is 4.79 Å². The van der Waals surface area contributed by atoms with Gasteiger partial charge in [0.1, 0.15) is 23.4 Å². The number of aromatic hydroxyl groups is 7. The minimum atomic E-state index is -1.25. The minimum absolute atomic E-state index is 0.0395. The summed E-state index contributed by atoms with van der Waals surface area (Å²) in [5.41, 5.74) is -0.410. The maximum Gasteiger partial charge on any atom is 0.338 e. The van der Waals surface area contributed by atoms with Crippen LogP contribution in [0.3, 0.4) is 0 Å². The SMILES string of the molecule is Cc1cc(C(=O)O[C@@H]2Cc3c(O)cc(O)cc3O[C@@H]2c2cc(O)c(O)c3c(O)c(=O)cccc23)cc(O)c1O. The van der Waals surface area contributed by atoms with E-state index in [1.165, 1.54) is 31.2 Å². The Morgan fingerprint density at radius 1 is 0.872 bits per heavy atom. The number of hydrogen-bond donors (Lipinski definition) is 7. The van der Waals surface area contributed by atoms with E-state index in [1.807, 2.05) is 0 Å². The van der Waals surface area contributed by atoms with E-state index < -0.39 is 52.4 Å². The van der Waals surface area contributed by atoms with Gasteiger partial charge in [-0.3, -0.25) is 4.79 Å². The summed E-state index contributed by atoms with van der Waals surface area (Å²) >= 11 is 0. The molecule has 0 aromatic heterocycles. The average molecular weight is 534 g/mol. The van der Waals surface area contributed by atoms with E-state index in [4.69, 9.17) is 9.47 Å². The third-order valence-corrected chi connectivity index (χ3v) is 6.58. The van der Waals surface area contributed by atoms with Gasteiger partial charge in [0.05, 0.1) is 10.9 Å². The van der Waals surface area contributed by atoms with Gasteiger partial charge >= 0.3 is 5.97 Å². The van der Waals surface area contributed by atoms with Crippen molar-refractivity contribution in [3.63, 3.8) is 0 Å². The molecule has 1 aliphatic heterocycles. The van der Waals surface area contributed by atoms with E-state index in [0.29, 0.717) is 0 Å². The number of phenols is 6. The Bertz CT molecular complexity index is 1710. The zero-order valence-electron chi connectivity index (χ0n) is 20.2. The standard InChI is InChI=1S/C28H22O11/c1-11-5-12(6-19(32)24(11)34)28(37)39-22-10-16-18(31)7-13(29)8-21(16)38-27(22)15-9-20(33)26(36)23-14(15)3-2-4-17(30)25(23)35/h2-9,22,27,29,31-34,36H,10H2,1H3,(H,30,35)/t22-,27-/m1/s1. The summed E-state index contributed by atoms with van der Waals surface area (Å²) < 4.78 is 11.8. The maximum atomic E-state index is 13.1. The van der Waals surface area contributed by atoms with Crippen LogP contribution in [-0.4, -0.2) is 47.8 Å². The Kier molecular flexibility index (Phi) is 5.98. The highest BCUT2D eigenvalue weighted by Gasteiger charge is 2.38. The smallest absolute Gasteiger partial charge is 0.338 e. The molecule has 0 amide bonds. The molecule has 0 bridgehead atoms. The number of esters is 1. The van der Waals surface area contributed by atoms with Gasteiger partial charge in [-0.2, -0.15) is 0 Å². The average Bonchev–Trinajstić information content (AvgIpc) is 3.02. The molecule has 0 spiro atoms. The Hall–Kier alpha value is -5.32. The first kappa shape index (κ1) is 25.3. The molecule has 4 aromatic rings. The van der Waals surface area contributed by atoms with Crippen LogP contribution in [0.2, 0.25) is 0 Å². The van der Waals surface area contributed by atoms with E-state index in [1.54, 1.807) is 0 Å². The van der Waals surface area contributed by atoms with Gasteiger partial charge in [0.25, 0.3) is 0 Å². The van der Waals surface area contributed by atoms with Crippen LogP contribution < -0.4 is 10.2 Å². The Labute approximate surface area is 219 Å². The predicted octanol–water partition coefficient (Wildman–Crippen LogP) is 3.35. The summed E-state index contributed by atoms with van der Waals surface area (Å²) in [7, 11) is 0. The van der Waals surface area contributed by atoms with Gasteiger partial charge < -0.3 is 45.2 Å². The van der Waals surface area contributed by atoms with Crippen molar-refractivity contribution in [3.8, 4) is 46.0 Å². The summed E-state index contributed by atoms with van der Waals surface area (Å²) in [6.07, 6.45) is -2.59. The van der Waals surface area contributed by atoms with Crippen molar-refractivity contribution in [2.24, 2.45) is 0 Å². The molecule has 1 heterocycles. The van der Waals surface area contributed by atoms with Crippen LogP contribution in [0.15, 0.2) is 53.3 Å². The summed E-state index contributed by atoms with van der Waals surface area (Å²) in [4.78, 5) is 25.4. The van der Waals surface area contributed by atoms with Crippen LogP contribution in [0.1, 0.15) is 33.2 Å². The van der Waals surface area contributed by atoms with Crippen molar-refractivity contribution in [1.82, 2.24) is 0 Å². The van der Waals surface area contributed by atoms with E-state index >= 15 is 0 Å². The van der Waals surface area contributed by atoms with Crippen molar-refractivity contribution in [2.75, 3.05) is 0 Å². The lowest BCUT2D eigenvalue weighted by Crippen LogP contribution is -2.35. The molecule has 1 aliphatic rings. The van der Waals surface area contributed by atoms with Crippen molar-refractivity contribution >= 4 is 16.7 Å². The monoisotopic (exact) mass is 534 g/mol.